The van der Waals surface area contributed by atoms with E-state index in [1.165, 1.54) is 12.1 Å². The van der Waals surface area contributed by atoms with Gasteiger partial charge in [-0.15, -0.1) is 10.2 Å². The van der Waals surface area contributed by atoms with Crippen molar-refractivity contribution in [2.45, 2.75) is 25.0 Å². The van der Waals surface area contributed by atoms with E-state index >= 15 is 0 Å². The number of rotatable bonds is 6. The van der Waals surface area contributed by atoms with E-state index in [2.05, 4.69) is 10.2 Å². The van der Waals surface area contributed by atoms with Crippen molar-refractivity contribution >= 4 is 17.7 Å². The van der Waals surface area contributed by atoms with Crippen LogP contribution in [0.3, 0.4) is 0 Å². The predicted molar refractivity (Wildman–Crippen MR) is 77.4 cm³/mol. The van der Waals surface area contributed by atoms with Gasteiger partial charge in [0.05, 0.1) is 11.3 Å². The third kappa shape index (κ3) is 3.46. The fourth-order valence-electron chi connectivity index (χ4n) is 1.86. The lowest BCUT2D eigenvalue weighted by Gasteiger charge is -2.09. The summed E-state index contributed by atoms with van der Waals surface area (Å²) in [5.74, 6) is -0.737. The van der Waals surface area contributed by atoms with Crippen LogP contribution in [0.1, 0.15) is 13.3 Å². The normalized spacial score (nSPS) is 10.7. The van der Waals surface area contributed by atoms with Gasteiger partial charge < -0.3 is 19.9 Å². The van der Waals surface area contributed by atoms with Gasteiger partial charge in [0.1, 0.15) is 11.5 Å². The number of carbonyl (C=O) groups is 1. The first-order valence-corrected chi connectivity index (χ1v) is 7.31. The Bertz CT molecular complexity index is 657. The summed E-state index contributed by atoms with van der Waals surface area (Å²) < 4.78 is 1.76. The number of hydrogen-bond acceptors (Lipinski definition) is 6. The number of aromatic nitrogens is 3. The first-order chi connectivity index (χ1) is 10.0. The molecule has 112 valence electrons. The molecule has 1 aromatic heterocycles. The summed E-state index contributed by atoms with van der Waals surface area (Å²) in [5.41, 5.74) is 0.441. The number of aliphatic carboxylic acids is 1. The van der Waals surface area contributed by atoms with E-state index in [1.54, 1.807) is 10.6 Å². The first kappa shape index (κ1) is 15.2. The number of carboxylic acids is 1. The van der Waals surface area contributed by atoms with Gasteiger partial charge in [-0.2, -0.15) is 0 Å². The zero-order valence-electron chi connectivity index (χ0n) is 11.4. The minimum absolute atomic E-state index is 0.0433. The van der Waals surface area contributed by atoms with E-state index in [1.807, 2.05) is 6.92 Å². The quantitative estimate of drug-likeness (QED) is 0.700. The van der Waals surface area contributed by atoms with Gasteiger partial charge in [-0.1, -0.05) is 18.7 Å². The van der Waals surface area contributed by atoms with Gasteiger partial charge in [0, 0.05) is 12.6 Å². The number of thioether (sulfide) groups is 1. The van der Waals surface area contributed by atoms with Crippen LogP contribution in [-0.4, -0.2) is 41.8 Å². The minimum atomic E-state index is -0.930. The summed E-state index contributed by atoms with van der Waals surface area (Å²) in [5, 5.41) is 36.5. The molecule has 21 heavy (non-hydrogen) atoms. The third-order valence-electron chi connectivity index (χ3n) is 2.71. The Balaban J connectivity index is 2.41. The van der Waals surface area contributed by atoms with Crippen LogP contribution in [0.2, 0.25) is 0 Å². The molecular formula is C13H15N3O4S. The first-order valence-electron chi connectivity index (χ1n) is 6.33. The maximum absolute atomic E-state index is 10.7. The molecule has 1 heterocycles. The van der Waals surface area contributed by atoms with Crippen LogP contribution in [0.25, 0.3) is 11.4 Å². The topological polar surface area (TPSA) is 108 Å². The molecule has 0 unspecified atom stereocenters. The van der Waals surface area contributed by atoms with Gasteiger partial charge in [-0.3, -0.25) is 4.79 Å². The molecule has 0 aliphatic rings. The van der Waals surface area contributed by atoms with Crippen molar-refractivity contribution in [2.24, 2.45) is 0 Å². The van der Waals surface area contributed by atoms with E-state index in [0.717, 1.165) is 18.2 Å². The van der Waals surface area contributed by atoms with Crippen LogP contribution in [0.4, 0.5) is 0 Å². The molecule has 0 radical (unpaired) electrons. The highest BCUT2D eigenvalue weighted by molar-refractivity contribution is 7.99. The average Bonchev–Trinajstić information content (AvgIpc) is 2.80. The molecule has 0 aliphatic heterocycles. The molecule has 0 bridgehead atoms. The smallest absolute Gasteiger partial charge is 0.313 e. The highest BCUT2D eigenvalue weighted by atomic mass is 32.2. The Morgan fingerprint density at radius 3 is 2.71 bits per heavy atom. The highest BCUT2D eigenvalue weighted by Gasteiger charge is 2.17. The number of phenolic OH excluding ortho intramolecular Hbond substituents is 2. The third-order valence-corrected chi connectivity index (χ3v) is 3.66. The van der Waals surface area contributed by atoms with E-state index in [9.17, 15) is 15.0 Å². The summed E-state index contributed by atoms with van der Waals surface area (Å²) in [4.78, 5) is 10.7. The van der Waals surface area contributed by atoms with Crippen LogP contribution < -0.4 is 0 Å². The van der Waals surface area contributed by atoms with Gasteiger partial charge in [0.25, 0.3) is 0 Å². The van der Waals surface area contributed by atoms with E-state index in [0.29, 0.717) is 23.1 Å². The summed E-state index contributed by atoms with van der Waals surface area (Å²) in [6, 6.07) is 4.22. The Hall–Kier alpha value is -2.22. The summed E-state index contributed by atoms with van der Waals surface area (Å²) >= 11 is 1.08. The van der Waals surface area contributed by atoms with Gasteiger partial charge in [-0.25, -0.2) is 0 Å². The highest BCUT2D eigenvalue weighted by Crippen LogP contribution is 2.32. The number of nitrogens with zero attached hydrogens (tertiary/aromatic N) is 3. The monoisotopic (exact) mass is 309 g/mol. The van der Waals surface area contributed by atoms with Crippen LogP contribution in [0, 0.1) is 0 Å². The molecule has 0 atom stereocenters. The molecule has 0 amide bonds. The SMILES string of the molecule is CCCn1c(SCC(=O)O)nnc1-c1ccc(O)cc1O. The van der Waals surface area contributed by atoms with Crippen LogP contribution >= 0.6 is 11.8 Å². The molecule has 8 heteroatoms. The summed E-state index contributed by atoms with van der Waals surface area (Å²) in [6.45, 7) is 2.58. The number of carboxylic acid groups (broad SMARTS) is 1. The Morgan fingerprint density at radius 1 is 1.33 bits per heavy atom. The van der Waals surface area contributed by atoms with Crippen molar-refractivity contribution < 1.29 is 20.1 Å². The lowest BCUT2D eigenvalue weighted by atomic mass is 10.2. The lowest BCUT2D eigenvalue weighted by Crippen LogP contribution is -2.04. The maximum Gasteiger partial charge on any atom is 0.313 e. The molecule has 3 N–H and O–H groups in total. The molecule has 0 fully saturated rings. The Morgan fingerprint density at radius 2 is 2.10 bits per heavy atom. The van der Waals surface area contributed by atoms with Gasteiger partial charge in [0.2, 0.25) is 0 Å². The summed E-state index contributed by atoms with van der Waals surface area (Å²) in [7, 11) is 0. The molecular weight excluding hydrogens is 294 g/mol. The zero-order valence-corrected chi connectivity index (χ0v) is 12.2. The second-order valence-corrected chi connectivity index (χ2v) is 5.28. The molecule has 2 aromatic rings. The molecule has 2 rings (SSSR count). The van der Waals surface area contributed by atoms with Crippen LogP contribution in [0.5, 0.6) is 11.5 Å². The van der Waals surface area contributed by atoms with Crippen LogP contribution in [0.15, 0.2) is 23.4 Å². The molecule has 0 saturated carbocycles. The van der Waals surface area contributed by atoms with E-state index < -0.39 is 5.97 Å². The second kappa shape index (κ2) is 6.49. The van der Waals surface area contributed by atoms with E-state index in [-0.39, 0.29) is 17.3 Å². The van der Waals surface area contributed by atoms with Gasteiger partial charge in [-0.05, 0) is 18.6 Å². The Kier molecular flexibility index (Phi) is 4.69. The number of hydrogen-bond donors (Lipinski definition) is 3. The predicted octanol–water partition coefficient (Wildman–Crippen LogP) is 1.94. The maximum atomic E-state index is 10.7. The average molecular weight is 309 g/mol. The molecule has 0 spiro atoms. The van der Waals surface area contributed by atoms with Crippen molar-refractivity contribution in [3.63, 3.8) is 0 Å². The van der Waals surface area contributed by atoms with Crippen molar-refractivity contribution in [2.75, 3.05) is 5.75 Å². The minimum Gasteiger partial charge on any atom is -0.508 e. The summed E-state index contributed by atoms with van der Waals surface area (Å²) in [6.07, 6.45) is 0.810. The number of phenols is 2. The molecule has 0 aliphatic carbocycles. The van der Waals surface area contributed by atoms with Crippen molar-refractivity contribution in [3.8, 4) is 22.9 Å². The van der Waals surface area contributed by atoms with Gasteiger partial charge >= 0.3 is 5.97 Å². The Labute approximate surface area is 125 Å². The second-order valence-electron chi connectivity index (χ2n) is 4.34. The fraction of sp³-hybridized carbons (Fsp3) is 0.308. The lowest BCUT2D eigenvalue weighted by molar-refractivity contribution is -0.133. The van der Waals surface area contributed by atoms with Crippen molar-refractivity contribution in [3.05, 3.63) is 18.2 Å². The molecule has 0 saturated heterocycles. The van der Waals surface area contributed by atoms with E-state index in [4.69, 9.17) is 5.11 Å². The van der Waals surface area contributed by atoms with Crippen LogP contribution in [-0.2, 0) is 11.3 Å². The zero-order chi connectivity index (χ0) is 15.4. The van der Waals surface area contributed by atoms with Crippen molar-refractivity contribution in [1.82, 2.24) is 14.8 Å². The largest absolute Gasteiger partial charge is 0.508 e. The standard InChI is InChI=1S/C13H15N3O4S/c1-2-5-16-12(9-4-3-8(17)6-10(9)18)14-15-13(16)21-7-11(19)20/h3-4,6,17-18H,2,5,7H2,1H3,(H,19,20). The van der Waals surface area contributed by atoms with Crippen molar-refractivity contribution in [1.29, 1.82) is 0 Å². The molecule has 1 aromatic carbocycles. The van der Waals surface area contributed by atoms with Gasteiger partial charge in [0.15, 0.2) is 11.0 Å². The number of benzene rings is 1. The molecule has 7 nitrogen and oxygen atoms in total. The number of aromatic hydroxyl groups is 2. The fourth-order valence-corrected chi connectivity index (χ4v) is 2.54.